The molecule has 1 aromatic heterocycles. The molecule has 0 aliphatic carbocycles. The maximum atomic E-state index is 11.3. The van der Waals surface area contributed by atoms with Crippen molar-refractivity contribution in [2.75, 3.05) is 65.4 Å². The lowest BCUT2D eigenvalue weighted by Gasteiger charge is -2.35. The summed E-state index contributed by atoms with van der Waals surface area (Å²) in [7, 11) is 3.40. The average Bonchev–Trinajstić information content (AvgIpc) is 3.25. The van der Waals surface area contributed by atoms with Gasteiger partial charge in [-0.15, -0.1) is 12.4 Å². The first kappa shape index (κ1) is 28.0. The molecule has 2 saturated heterocycles. The molecule has 0 unspecified atom stereocenters. The smallest absolute Gasteiger partial charge is 0.124 e. The van der Waals surface area contributed by atoms with Gasteiger partial charge in [-0.2, -0.15) is 0 Å². The zero-order valence-corrected chi connectivity index (χ0v) is 23.8. The summed E-state index contributed by atoms with van der Waals surface area (Å²) in [6.07, 6.45) is 2.43. The van der Waals surface area contributed by atoms with Gasteiger partial charge in [0, 0.05) is 81.5 Å². The molecule has 2 aliphatic heterocycles. The Balaban J connectivity index is 0.00000324. The molecule has 1 aromatic carbocycles. The number of hydrogen-bond acceptors (Lipinski definition) is 8. The molecule has 34 heavy (non-hydrogen) atoms. The zero-order chi connectivity index (χ0) is 23.2. The second-order valence-corrected chi connectivity index (χ2v) is 12.3. The predicted molar refractivity (Wildman–Crippen MR) is 151 cm³/mol. The number of benzene rings is 1. The quantitative estimate of drug-likeness (QED) is 0.338. The number of rotatable bonds is 9. The van der Waals surface area contributed by atoms with Crippen molar-refractivity contribution in [3.8, 4) is 16.2 Å². The van der Waals surface area contributed by atoms with Crippen LogP contribution >= 0.6 is 45.3 Å². The fourth-order valence-corrected chi connectivity index (χ4v) is 7.36. The number of hydrogen-bond donors (Lipinski definition) is 1. The highest BCUT2D eigenvalue weighted by Gasteiger charge is 2.22. The van der Waals surface area contributed by atoms with Crippen LogP contribution in [0.4, 0.5) is 0 Å². The number of phenolic OH excluding ortho intramolecular Hbond substituents is 1. The van der Waals surface area contributed by atoms with E-state index in [9.17, 15) is 5.11 Å². The number of aromatic hydroxyl groups is 1. The third-order valence-corrected chi connectivity index (χ3v) is 9.72. The van der Waals surface area contributed by atoms with Crippen molar-refractivity contribution in [3.05, 3.63) is 33.1 Å². The second kappa shape index (κ2) is 13.7. The Morgan fingerprint density at radius 3 is 1.56 bits per heavy atom. The van der Waals surface area contributed by atoms with Crippen LogP contribution in [0.5, 0.6) is 5.75 Å². The van der Waals surface area contributed by atoms with Gasteiger partial charge >= 0.3 is 0 Å². The van der Waals surface area contributed by atoms with Crippen molar-refractivity contribution in [3.63, 3.8) is 0 Å². The minimum atomic E-state index is 0. The molecule has 2 aromatic rings. The largest absolute Gasteiger partial charge is 0.507 e. The molecule has 0 atom stereocenters. The molecule has 0 amide bonds. The highest BCUT2D eigenvalue weighted by Crippen LogP contribution is 2.36. The van der Waals surface area contributed by atoms with Gasteiger partial charge in [0.05, 0.1) is 0 Å². The van der Waals surface area contributed by atoms with Gasteiger partial charge in [0.1, 0.15) is 9.57 Å². The Bertz CT molecular complexity index is 901. The van der Waals surface area contributed by atoms with Crippen LogP contribution in [0.1, 0.15) is 37.8 Å². The van der Waals surface area contributed by atoms with E-state index < -0.39 is 0 Å². The van der Waals surface area contributed by atoms with E-state index in [0.717, 1.165) is 80.4 Å². The summed E-state index contributed by atoms with van der Waals surface area (Å²) in [4.78, 5) is 11.3. The number of halogens is 1. The van der Waals surface area contributed by atoms with Crippen molar-refractivity contribution in [2.24, 2.45) is 0 Å². The van der Waals surface area contributed by atoms with Gasteiger partial charge in [-0.05, 0) is 49.7 Å². The van der Waals surface area contributed by atoms with Crippen molar-refractivity contribution < 1.29 is 5.11 Å². The first-order valence-corrected chi connectivity index (χ1v) is 15.0. The van der Waals surface area contributed by atoms with Crippen LogP contribution in [0.15, 0.2) is 18.2 Å². The van der Waals surface area contributed by atoms with Crippen LogP contribution in [-0.4, -0.2) is 90.2 Å². The van der Waals surface area contributed by atoms with Gasteiger partial charge in [0.25, 0.3) is 0 Å². The standard InChI is InChI=1S/C25H38N4OS3.ClH/c1-3-5-26-7-11-28(12-8-26)18-21-15-20(23-17-24(31)33-32-23)16-22(25(21)30)19-29-13-9-27(6-4-2)10-14-29;/h15-17,30H,3-14,18-19H2,1-2H3;1H. The summed E-state index contributed by atoms with van der Waals surface area (Å²) in [5, 5.41) is 11.3. The van der Waals surface area contributed by atoms with Crippen LogP contribution in [-0.2, 0) is 13.1 Å². The summed E-state index contributed by atoms with van der Waals surface area (Å²) in [5.74, 6) is 0.490. The number of nitrogens with zero attached hydrogens (tertiary/aromatic N) is 4. The van der Waals surface area contributed by atoms with Crippen LogP contribution < -0.4 is 0 Å². The summed E-state index contributed by atoms with van der Waals surface area (Å²) >= 11 is 5.40. The second-order valence-electron chi connectivity index (χ2n) is 9.37. The fourth-order valence-electron chi connectivity index (χ4n) is 4.97. The first-order valence-electron chi connectivity index (χ1n) is 12.4. The van der Waals surface area contributed by atoms with Gasteiger partial charge in [-0.25, -0.2) is 0 Å². The van der Waals surface area contributed by atoms with Gasteiger partial charge in [0.2, 0.25) is 0 Å². The highest BCUT2D eigenvalue weighted by molar-refractivity contribution is 7.80. The van der Waals surface area contributed by atoms with Crippen molar-refractivity contribution in [1.82, 2.24) is 19.6 Å². The van der Waals surface area contributed by atoms with E-state index in [0.29, 0.717) is 5.75 Å². The number of phenols is 1. The Hall–Kier alpha value is -0.580. The van der Waals surface area contributed by atoms with Crippen LogP contribution in [0.3, 0.4) is 0 Å². The predicted octanol–water partition coefficient (Wildman–Crippen LogP) is 5.39. The lowest BCUT2D eigenvalue weighted by Crippen LogP contribution is -2.46. The SMILES string of the molecule is CCCN1CCN(Cc2cc(-c3cc(=S)ss3)cc(CN3CCN(CCC)CC3)c2O)CC1.Cl. The molecule has 5 nitrogen and oxygen atoms in total. The average molecular weight is 543 g/mol. The molecule has 0 radical (unpaired) electrons. The third-order valence-electron chi connectivity index (χ3n) is 6.81. The third kappa shape index (κ3) is 7.46. The van der Waals surface area contributed by atoms with E-state index >= 15 is 0 Å². The Morgan fingerprint density at radius 1 is 0.735 bits per heavy atom. The molecule has 9 heteroatoms. The molecule has 0 spiro atoms. The van der Waals surface area contributed by atoms with Crippen molar-refractivity contribution in [1.29, 1.82) is 0 Å². The summed E-state index contributed by atoms with van der Waals surface area (Å²) in [6, 6.07) is 6.51. The molecule has 1 N–H and O–H groups in total. The Labute approximate surface area is 223 Å². The van der Waals surface area contributed by atoms with E-state index in [1.54, 1.807) is 20.7 Å². The zero-order valence-electron chi connectivity index (χ0n) is 20.5. The molecular weight excluding hydrogens is 504 g/mol. The number of piperazine rings is 2. The fraction of sp³-hybridized carbons (Fsp3) is 0.640. The molecule has 2 fully saturated rings. The molecule has 3 heterocycles. The van der Waals surface area contributed by atoms with Crippen LogP contribution in [0.2, 0.25) is 0 Å². The first-order chi connectivity index (χ1) is 16.1. The Kier molecular flexibility index (Phi) is 11.2. The van der Waals surface area contributed by atoms with Gasteiger partial charge < -0.3 is 14.9 Å². The van der Waals surface area contributed by atoms with E-state index in [-0.39, 0.29) is 12.4 Å². The van der Waals surface area contributed by atoms with E-state index in [4.69, 9.17) is 12.2 Å². The lowest BCUT2D eigenvalue weighted by molar-refractivity contribution is 0.124. The lowest BCUT2D eigenvalue weighted by atomic mass is 10.0. The Morgan fingerprint density at radius 2 is 1.18 bits per heavy atom. The molecule has 2 aliphatic rings. The van der Waals surface area contributed by atoms with Gasteiger partial charge in [0.15, 0.2) is 0 Å². The maximum absolute atomic E-state index is 11.3. The van der Waals surface area contributed by atoms with E-state index in [2.05, 4.69) is 51.6 Å². The monoisotopic (exact) mass is 542 g/mol. The van der Waals surface area contributed by atoms with E-state index in [1.165, 1.54) is 36.4 Å². The molecule has 0 bridgehead atoms. The maximum Gasteiger partial charge on any atom is 0.124 e. The van der Waals surface area contributed by atoms with Gasteiger partial charge in [-0.3, -0.25) is 9.80 Å². The highest BCUT2D eigenvalue weighted by atomic mass is 35.5. The van der Waals surface area contributed by atoms with Gasteiger partial charge in [-0.1, -0.05) is 46.7 Å². The van der Waals surface area contributed by atoms with Crippen LogP contribution in [0.25, 0.3) is 10.4 Å². The summed E-state index contributed by atoms with van der Waals surface area (Å²) in [6.45, 7) is 17.2. The molecule has 4 rings (SSSR count). The molecular formula is C25H39ClN4OS3. The molecule has 0 saturated carbocycles. The van der Waals surface area contributed by atoms with Crippen molar-refractivity contribution in [2.45, 2.75) is 39.8 Å². The van der Waals surface area contributed by atoms with E-state index in [1.807, 2.05) is 0 Å². The minimum absolute atomic E-state index is 0. The minimum Gasteiger partial charge on any atom is -0.507 e. The topological polar surface area (TPSA) is 33.2 Å². The van der Waals surface area contributed by atoms with Crippen LogP contribution in [0, 0.1) is 3.82 Å². The normalized spacial score (nSPS) is 18.8. The summed E-state index contributed by atoms with van der Waals surface area (Å²) < 4.78 is 0.935. The van der Waals surface area contributed by atoms with Crippen molar-refractivity contribution >= 4 is 45.3 Å². The summed E-state index contributed by atoms with van der Waals surface area (Å²) in [5.41, 5.74) is 3.31. The molecule has 190 valence electrons.